The van der Waals surface area contributed by atoms with Crippen molar-refractivity contribution in [2.75, 3.05) is 29.5 Å². The van der Waals surface area contributed by atoms with E-state index in [0.29, 0.717) is 23.9 Å². The summed E-state index contributed by atoms with van der Waals surface area (Å²) < 4.78 is 16.2. The summed E-state index contributed by atoms with van der Waals surface area (Å²) in [5.74, 6) is 1.27. The van der Waals surface area contributed by atoms with Crippen molar-refractivity contribution < 1.29 is 28.6 Å². The Balaban J connectivity index is 2.72. The third-order valence-electron chi connectivity index (χ3n) is 3.62. The molecule has 3 amide bonds. The monoisotopic (exact) mass is 564 g/mol. The lowest BCUT2D eigenvalue weighted by Gasteiger charge is -2.28. The fourth-order valence-corrected chi connectivity index (χ4v) is 4.40. The highest BCUT2D eigenvalue weighted by molar-refractivity contribution is 8.76. The molecule has 1 aromatic rings. The quantitative estimate of drug-likeness (QED) is 0.151. The first-order chi connectivity index (χ1) is 16.4. The van der Waals surface area contributed by atoms with Crippen LogP contribution in [0.2, 0.25) is 5.15 Å². The summed E-state index contributed by atoms with van der Waals surface area (Å²) in [6.45, 7) is 16.1. The molecule has 204 valence electrons. The topological polar surface area (TPSA) is 111 Å². The molecule has 1 aromatic heterocycles. The Bertz CT molecular complexity index is 872. The van der Waals surface area contributed by atoms with Crippen LogP contribution < -0.4 is 4.90 Å². The number of nitrogens with zero attached hydrogens (tertiary/aromatic N) is 4. The van der Waals surface area contributed by atoms with E-state index in [4.69, 9.17) is 25.8 Å². The van der Waals surface area contributed by atoms with Gasteiger partial charge in [0.05, 0.1) is 0 Å². The predicted molar refractivity (Wildman–Crippen MR) is 145 cm³/mol. The van der Waals surface area contributed by atoms with Gasteiger partial charge in [-0.1, -0.05) is 33.2 Å². The van der Waals surface area contributed by atoms with E-state index >= 15 is 0 Å². The van der Waals surface area contributed by atoms with Crippen LogP contribution in [0.4, 0.5) is 20.2 Å². The zero-order valence-corrected chi connectivity index (χ0v) is 24.8. The number of halogens is 1. The molecule has 0 aliphatic heterocycles. The third-order valence-corrected chi connectivity index (χ3v) is 6.19. The number of hydrogen-bond acceptors (Lipinski definition) is 10. The Hall–Kier alpha value is -1.92. The van der Waals surface area contributed by atoms with Gasteiger partial charge in [-0.05, 0) is 62.3 Å². The van der Waals surface area contributed by atoms with E-state index in [1.165, 1.54) is 38.9 Å². The number of aromatic nitrogens is 2. The standard InChI is InChI=1S/C23H37ClN4O6S2/c1-21(2,3)32-18(29)27(17-14-16(24)25-15-26-17)10-12-35-36-13-11-28(19(30)33-22(4,5)6)20(31)34-23(7,8)9/h14-15H,10-13H2,1-9H3. The Morgan fingerprint density at radius 2 is 1.22 bits per heavy atom. The highest BCUT2D eigenvalue weighted by atomic mass is 35.5. The van der Waals surface area contributed by atoms with Crippen molar-refractivity contribution in [2.45, 2.75) is 79.1 Å². The van der Waals surface area contributed by atoms with Gasteiger partial charge in [-0.2, -0.15) is 0 Å². The average Bonchev–Trinajstić information content (AvgIpc) is 2.65. The van der Waals surface area contributed by atoms with E-state index in [9.17, 15) is 14.4 Å². The summed E-state index contributed by atoms with van der Waals surface area (Å²) in [5.41, 5.74) is -2.19. The van der Waals surface area contributed by atoms with Crippen molar-refractivity contribution in [3.63, 3.8) is 0 Å². The lowest BCUT2D eigenvalue weighted by molar-refractivity contribution is 0.00271. The molecule has 1 heterocycles. The first kappa shape index (κ1) is 32.1. The summed E-state index contributed by atoms with van der Waals surface area (Å²) in [6, 6.07) is 1.49. The first-order valence-electron chi connectivity index (χ1n) is 11.3. The van der Waals surface area contributed by atoms with Crippen molar-refractivity contribution >= 4 is 57.3 Å². The Kier molecular flexibility index (Phi) is 12.1. The molecule has 0 radical (unpaired) electrons. The van der Waals surface area contributed by atoms with Crippen LogP contribution in [0.15, 0.2) is 12.4 Å². The highest BCUT2D eigenvalue weighted by Gasteiger charge is 2.31. The number of hydrogen-bond donors (Lipinski definition) is 0. The summed E-state index contributed by atoms with van der Waals surface area (Å²) in [6.07, 6.45) is -0.805. The number of rotatable bonds is 8. The van der Waals surface area contributed by atoms with Crippen LogP contribution >= 0.6 is 33.2 Å². The van der Waals surface area contributed by atoms with Gasteiger partial charge >= 0.3 is 18.3 Å². The summed E-state index contributed by atoms with van der Waals surface area (Å²) in [5, 5.41) is 0.208. The SMILES string of the molecule is CC(C)(C)OC(=O)N(CCSSCCN(C(=O)OC(C)(C)C)c1cc(Cl)ncn1)C(=O)OC(C)(C)C. The average molecular weight is 565 g/mol. The molecule has 0 aliphatic carbocycles. The molecule has 0 N–H and O–H groups in total. The molecule has 0 spiro atoms. The molecule has 0 fully saturated rings. The van der Waals surface area contributed by atoms with Gasteiger partial charge in [0.1, 0.15) is 34.1 Å². The molecule has 0 unspecified atom stereocenters. The maximum Gasteiger partial charge on any atom is 0.419 e. The minimum Gasteiger partial charge on any atom is -0.443 e. The van der Waals surface area contributed by atoms with Crippen molar-refractivity contribution in [2.24, 2.45) is 0 Å². The molecule has 0 atom stereocenters. The molecule has 10 nitrogen and oxygen atoms in total. The Labute approximate surface area is 226 Å². The van der Waals surface area contributed by atoms with Crippen molar-refractivity contribution in [1.82, 2.24) is 14.9 Å². The van der Waals surface area contributed by atoms with Crippen LogP contribution in [-0.4, -0.2) is 74.5 Å². The van der Waals surface area contributed by atoms with Gasteiger partial charge in [0, 0.05) is 30.7 Å². The Morgan fingerprint density at radius 3 is 1.67 bits per heavy atom. The first-order valence-corrected chi connectivity index (χ1v) is 14.2. The maximum absolute atomic E-state index is 12.7. The summed E-state index contributed by atoms with van der Waals surface area (Å²) >= 11 is 5.97. The summed E-state index contributed by atoms with van der Waals surface area (Å²) in [7, 11) is 2.91. The van der Waals surface area contributed by atoms with E-state index in [2.05, 4.69) is 9.97 Å². The van der Waals surface area contributed by atoms with Crippen LogP contribution in [0.25, 0.3) is 0 Å². The minimum absolute atomic E-state index is 0.0960. The predicted octanol–water partition coefficient (Wildman–Crippen LogP) is 6.43. The normalized spacial score (nSPS) is 12.1. The van der Waals surface area contributed by atoms with Gasteiger partial charge in [-0.3, -0.25) is 4.90 Å². The van der Waals surface area contributed by atoms with E-state index < -0.39 is 35.1 Å². The molecule has 0 saturated carbocycles. The second kappa shape index (κ2) is 13.6. The van der Waals surface area contributed by atoms with Crippen molar-refractivity contribution in [1.29, 1.82) is 0 Å². The van der Waals surface area contributed by atoms with Gasteiger partial charge in [0.2, 0.25) is 0 Å². The van der Waals surface area contributed by atoms with Crippen LogP contribution in [0.3, 0.4) is 0 Å². The highest BCUT2D eigenvalue weighted by Crippen LogP contribution is 2.24. The molecule has 36 heavy (non-hydrogen) atoms. The van der Waals surface area contributed by atoms with Crippen LogP contribution in [-0.2, 0) is 14.2 Å². The lowest BCUT2D eigenvalue weighted by atomic mass is 10.2. The molecular weight excluding hydrogens is 528 g/mol. The smallest absolute Gasteiger partial charge is 0.419 e. The number of anilines is 1. The van der Waals surface area contributed by atoms with Crippen LogP contribution in [0, 0.1) is 0 Å². The van der Waals surface area contributed by atoms with Crippen molar-refractivity contribution in [3.8, 4) is 0 Å². The van der Waals surface area contributed by atoms with Gasteiger partial charge in [-0.25, -0.2) is 29.3 Å². The van der Waals surface area contributed by atoms with Crippen molar-refractivity contribution in [3.05, 3.63) is 17.5 Å². The Morgan fingerprint density at radius 1 is 0.778 bits per heavy atom. The molecule has 1 rings (SSSR count). The van der Waals surface area contributed by atoms with Gasteiger partial charge in [0.15, 0.2) is 0 Å². The molecule has 0 saturated heterocycles. The fraction of sp³-hybridized carbons (Fsp3) is 0.696. The number of carbonyl (C=O) groups is 3. The number of carbonyl (C=O) groups excluding carboxylic acids is 3. The van der Waals surface area contributed by atoms with Gasteiger partial charge < -0.3 is 14.2 Å². The maximum atomic E-state index is 12.7. The molecule has 0 aliphatic rings. The van der Waals surface area contributed by atoms with Gasteiger partial charge in [-0.15, -0.1) is 0 Å². The van der Waals surface area contributed by atoms with E-state index in [0.717, 1.165) is 4.90 Å². The molecule has 13 heteroatoms. The van der Waals surface area contributed by atoms with Crippen LogP contribution in [0.5, 0.6) is 0 Å². The lowest BCUT2D eigenvalue weighted by Crippen LogP contribution is -2.44. The number of ether oxygens (including phenoxy) is 3. The second-order valence-electron chi connectivity index (χ2n) is 10.6. The largest absolute Gasteiger partial charge is 0.443 e. The molecule has 0 bridgehead atoms. The summed E-state index contributed by atoms with van der Waals surface area (Å²) in [4.78, 5) is 48.2. The van der Waals surface area contributed by atoms with Gasteiger partial charge in [0.25, 0.3) is 0 Å². The minimum atomic E-state index is -0.765. The van der Waals surface area contributed by atoms with E-state index in [-0.39, 0.29) is 11.7 Å². The zero-order valence-electron chi connectivity index (χ0n) is 22.4. The molecular formula is C23H37ClN4O6S2. The van der Waals surface area contributed by atoms with Crippen LogP contribution in [0.1, 0.15) is 62.3 Å². The zero-order chi connectivity index (χ0) is 27.7. The second-order valence-corrected chi connectivity index (χ2v) is 13.7. The van der Waals surface area contributed by atoms with E-state index in [1.807, 2.05) is 0 Å². The number of amides is 3. The number of imide groups is 1. The molecule has 0 aromatic carbocycles. The fourth-order valence-electron chi connectivity index (χ4n) is 2.35. The third kappa shape index (κ3) is 13.4. The van der Waals surface area contributed by atoms with E-state index in [1.54, 1.807) is 62.3 Å².